The van der Waals surface area contributed by atoms with Crippen molar-refractivity contribution in [1.82, 2.24) is 10.2 Å². The molecule has 142 valence electrons. The van der Waals surface area contributed by atoms with Crippen molar-refractivity contribution >= 4 is 18.3 Å². The van der Waals surface area contributed by atoms with Gasteiger partial charge in [0.2, 0.25) is 5.91 Å². The molecule has 0 aliphatic carbocycles. The van der Waals surface area contributed by atoms with Crippen LogP contribution in [0.2, 0.25) is 0 Å². The number of carbonyl (C=O) groups is 1. The summed E-state index contributed by atoms with van der Waals surface area (Å²) in [5, 5.41) is 2.95. The zero-order valence-corrected chi connectivity index (χ0v) is 15.8. The molecule has 5 nitrogen and oxygen atoms in total. The molecule has 1 saturated heterocycles. The van der Waals surface area contributed by atoms with E-state index >= 15 is 0 Å². The van der Waals surface area contributed by atoms with Crippen LogP contribution in [0.5, 0.6) is 0 Å². The molecule has 25 heavy (non-hydrogen) atoms. The molecule has 0 saturated carbocycles. The summed E-state index contributed by atoms with van der Waals surface area (Å²) in [6.07, 6.45) is 1.47. The Morgan fingerprint density at radius 2 is 2.12 bits per heavy atom. The quantitative estimate of drug-likeness (QED) is 0.769. The van der Waals surface area contributed by atoms with E-state index in [2.05, 4.69) is 10.2 Å². The Morgan fingerprint density at radius 1 is 1.44 bits per heavy atom. The van der Waals surface area contributed by atoms with Gasteiger partial charge in [-0.15, -0.1) is 12.4 Å². The van der Waals surface area contributed by atoms with Gasteiger partial charge in [-0.1, -0.05) is 25.5 Å². The number of hydrogen-bond acceptors (Lipinski definition) is 4. The van der Waals surface area contributed by atoms with Crippen LogP contribution in [-0.4, -0.2) is 49.2 Å². The van der Waals surface area contributed by atoms with Crippen LogP contribution in [0.3, 0.4) is 0 Å². The first-order chi connectivity index (χ1) is 11.4. The summed E-state index contributed by atoms with van der Waals surface area (Å²) in [7, 11) is 0. The normalized spacial score (nSPS) is 18.7. The Hall–Kier alpha value is -1.21. The van der Waals surface area contributed by atoms with Gasteiger partial charge in [0.15, 0.2) is 0 Å². The van der Waals surface area contributed by atoms with Crippen LogP contribution in [-0.2, 0) is 9.53 Å². The Morgan fingerprint density at radius 3 is 2.72 bits per heavy atom. The van der Waals surface area contributed by atoms with Crippen molar-refractivity contribution in [3.63, 3.8) is 0 Å². The number of morpholine rings is 1. The fraction of sp³-hybridized carbons (Fsp3) is 0.611. The molecule has 3 N–H and O–H groups in total. The lowest BCUT2D eigenvalue weighted by Gasteiger charge is -2.35. The average Bonchev–Trinajstić information content (AvgIpc) is 2.56. The number of amides is 1. The smallest absolute Gasteiger partial charge is 0.239 e. The molecule has 2 unspecified atom stereocenters. The van der Waals surface area contributed by atoms with Crippen LogP contribution in [0, 0.1) is 5.82 Å². The molecule has 0 bridgehead atoms. The van der Waals surface area contributed by atoms with Crippen molar-refractivity contribution in [3.8, 4) is 0 Å². The highest BCUT2D eigenvalue weighted by molar-refractivity contribution is 5.85. The molecule has 1 amide bonds. The van der Waals surface area contributed by atoms with Gasteiger partial charge in [0.25, 0.3) is 0 Å². The number of ether oxygens (including phenoxy) is 1. The third kappa shape index (κ3) is 6.22. The lowest BCUT2D eigenvalue weighted by Crippen LogP contribution is -2.53. The molecule has 0 radical (unpaired) electrons. The van der Waals surface area contributed by atoms with Crippen molar-refractivity contribution in [3.05, 3.63) is 35.6 Å². The molecular formula is C18H29ClFN3O2. The summed E-state index contributed by atoms with van der Waals surface area (Å²) >= 11 is 0. The van der Waals surface area contributed by atoms with E-state index < -0.39 is 5.54 Å². The minimum absolute atomic E-state index is 0. The van der Waals surface area contributed by atoms with Gasteiger partial charge in [-0.3, -0.25) is 9.69 Å². The van der Waals surface area contributed by atoms with E-state index in [0.717, 1.165) is 25.1 Å². The molecule has 1 aliphatic heterocycles. The summed E-state index contributed by atoms with van der Waals surface area (Å²) in [5.41, 5.74) is 6.06. The highest BCUT2D eigenvalue weighted by Gasteiger charge is 2.29. The maximum Gasteiger partial charge on any atom is 0.239 e. The number of nitrogens with two attached hydrogens (primary N) is 1. The van der Waals surface area contributed by atoms with Gasteiger partial charge in [0.05, 0.1) is 24.8 Å². The van der Waals surface area contributed by atoms with E-state index in [1.54, 1.807) is 13.0 Å². The second-order valence-corrected chi connectivity index (χ2v) is 6.60. The number of nitrogens with zero attached hydrogens (tertiary/aromatic N) is 1. The Balaban J connectivity index is 0.00000312. The van der Waals surface area contributed by atoms with Crippen LogP contribution in [0.15, 0.2) is 24.3 Å². The number of halogens is 2. The minimum atomic E-state index is -0.883. The van der Waals surface area contributed by atoms with E-state index in [-0.39, 0.29) is 30.2 Å². The van der Waals surface area contributed by atoms with Crippen LogP contribution in [0.25, 0.3) is 0 Å². The summed E-state index contributed by atoms with van der Waals surface area (Å²) in [4.78, 5) is 14.6. The first kappa shape index (κ1) is 21.8. The topological polar surface area (TPSA) is 67.6 Å². The Bertz CT molecular complexity index is 551. The number of rotatable bonds is 7. The van der Waals surface area contributed by atoms with E-state index in [1.165, 1.54) is 12.1 Å². The standard InChI is InChI=1S/C18H28FN3O2.ClH/c1-3-7-18(2,20)17(23)21-13-16(22-8-10-24-11-9-22)14-5-4-6-15(19)12-14;/h4-6,12,16H,3,7-11,13,20H2,1-2H3,(H,21,23);1H. The van der Waals surface area contributed by atoms with Crippen molar-refractivity contribution in [1.29, 1.82) is 0 Å². The van der Waals surface area contributed by atoms with Gasteiger partial charge < -0.3 is 15.8 Å². The molecule has 0 aromatic heterocycles. The zero-order chi connectivity index (χ0) is 17.6. The van der Waals surface area contributed by atoms with Crippen LogP contribution < -0.4 is 11.1 Å². The molecule has 1 aromatic rings. The summed E-state index contributed by atoms with van der Waals surface area (Å²) in [5.74, 6) is -0.439. The predicted molar refractivity (Wildman–Crippen MR) is 99.3 cm³/mol. The molecule has 1 aromatic carbocycles. The SMILES string of the molecule is CCCC(C)(N)C(=O)NCC(c1cccc(F)c1)N1CCOCC1.Cl. The van der Waals surface area contributed by atoms with E-state index in [4.69, 9.17) is 10.5 Å². The molecule has 2 atom stereocenters. The monoisotopic (exact) mass is 373 g/mol. The van der Waals surface area contributed by atoms with Gasteiger partial charge in [-0.25, -0.2) is 4.39 Å². The Labute approximate surface area is 155 Å². The number of hydrogen-bond donors (Lipinski definition) is 2. The molecule has 1 fully saturated rings. The summed E-state index contributed by atoms with van der Waals surface area (Å²) in [6.45, 7) is 6.95. The third-order valence-corrected chi connectivity index (χ3v) is 4.46. The third-order valence-electron chi connectivity index (χ3n) is 4.46. The Kier molecular flexibility index (Phi) is 8.79. The maximum atomic E-state index is 13.6. The van der Waals surface area contributed by atoms with Gasteiger partial charge in [0.1, 0.15) is 5.82 Å². The lowest BCUT2D eigenvalue weighted by atomic mass is 9.96. The van der Waals surface area contributed by atoms with Crippen molar-refractivity contribution < 1.29 is 13.9 Å². The number of nitrogens with one attached hydrogen (secondary N) is 1. The number of benzene rings is 1. The van der Waals surface area contributed by atoms with Gasteiger partial charge in [-0.2, -0.15) is 0 Å². The zero-order valence-electron chi connectivity index (χ0n) is 15.0. The lowest BCUT2D eigenvalue weighted by molar-refractivity contribution is -0.126. The second-order valence-electron chi connectivity index (χ2n) is 6.60. The largest absolute Gasteiger partial charge is 0.379 e. The first-order valence-electron chi connectivity index (χ1n) is 8.58. The highest BCUT2D eigenvalue weighted by atomic mass is 35.5. The maximum absolute atomic E-state index is 13.6. The predicted octanol–water partition coefficient (Wildman–Crippen LogP) is 2.25. The fourth-order valence-electron chi connectivity index (χ4n) is 3.08. The van der Waals surface area contributed by atoms with Gasteiger partial charge in [-0.05, 0) is 31.0 Å². The molecule has 1 aliphatic rings. The van der Waals surface area contributed by atoms with Crippen LogP contribution in [0.1, 0.15) is 38.3 Å². The van der Waals surface area contributed by atoms with Crippen molar-refractivity contribution in [2.24, 2.45) is 5.73 Å². The van der Waals surface area contributed by atoms with Crippen LogP contribution in [0.4, 0.5) is 4.39 Å². The average molecular weight is 374 g/mol. The molecule has 7 heteroatoms. The van der Waals surface area contributed by atoms with Gasteiger partial charge in [0, 0.05) is 19.6 Å². The van der Waals surface area contributed by atoms with E-state index in [0.29, 0.717) is 26.2 Å². The first-order valence-corrected chi connectivity index (χ1v) is 8.58. The number of carbonyl (C=O) groups excluding carboxylic acids is 1. The van der Waals surface area contributed by atoms with E-state index in [1.807, 2.05) is 13.0 Å². The molecule has 0 spiro atoms. The van der Waals surface area contributed by atoms with Crippen LogP contribution >= 0.6 is 12.4 Å². The highest BCUT2D eigenvalue weighted by Crippen LogP contribution is 2.22. The fourth-order valence-corrected chi connectivity index (χ4v) is 3.08. The van der Waals surface area contributed by atoms with Crippen molar-refractivity contribution in [2.75, 3.05) is 32.8 Å². The molecule has 2 rings (SSSR count). The summed E-state index contributed by atoms with van der Waals surface area (Å²) < 4.78 is 19.0. The molecule has 1 heterocycles. The van der Waals surface area contributed by atoms with Crippen molar-refractivity contribution in [2.45, 2.75) is 38.3 Å². The summed E-state index contributed by atoms with van der Waals surface area (Å²) in [6, 6.07) is 6.45. The molecular weight excluding hydrogens is 345 g/mol. The minimum Gasteiger partial charge on any atom is -0.379 e. The second kappa shape index (κ2) is 10.1. The van der Waals surface area contributed by atoms with E-state index in [9.17, 15) is 9.18 Å². The van der Waals surface area contributed by atoms with Gasteiger partial charge >= 0.3 is 0 Å².